The van der Waals surface area contributed by atoms with Gasteiger partial charge in [0.25, 0.3) is 0 Å². The molecule has 0 aromatic rings. The van der Waals surface area contributed by atoms with Crippen LogP contribution in [0.1, 0.15) is 58.8 Å². The number of ether oxygens (including phenoxy) is 1. The van der Waals surface area contributed by atoms with E-state index < -0.39 is 0 Å². The highest BCUT2D eigenvalue weighted by Crippen LogP contribution is 2.31. The van der Waals surface area contributed by atoms with Crippen LogP contribution >= 0.6 is 0 Å². The van der Waals surface area contributed by atoms with E-state index >= 15 is 0 Å². The highest BCUT2D eigenvalue weighted by atomic mass is 16.5. The predicted octanol–water partition coefficient (Wildman–Crippen LogP) is 2.79. The van der Waals surface area contributed by atoms with E-state index in [0.717, 1.165) is 25.6 Å². The minimum atomic E-state index is 0.193. The Hall–Kier alpha value is -0.120. The van der Waals surface area contributed by atoms with Crippen molar-refractivity contribution < 1.29 is 4.74 Å². The van der Waals surface area contributed by atoms with Crippen LogP contribution in [0.15, 0.2) is 0 Å². The van der Waals surface area contributed by atoms with Crippen molar-refractivity contribution in [3.63, 3.8) is 0 Å². The number of likely N-dealkylation sites (tertiary alicyclic amines) is 1. The molecule has 0 aromatic heterocycles. The summed E-state index contributed by atoms with van der Waals surface area (Å²) in [5.41, 5.74) is 6.84. The predicted molar refractivity (Wildman–Crippen MR) is 80.3 cm³/mol. The molecular formula is C16H32N2O. The van der Waals surface area contributed by atoms with E-state index in [2.05, 4.69) is 18.7 Å². The van der Waals surface area contributed by atoms with Crippen LogP contribution in [-0.2, 0) is 4.74 Å². The van der Waals surface area contributed by atoms with Crippen LogP contribution in [0.3, 0.4) is 0 Å². The van der Waals surface area contributed by atoms with Crippen molar-refractivity contribution in [2.24, 2.45) is 11.7 Å². The zero-order valence-electron chi connectivity index (χ0n) is 12.9. The number of hydrogen-bond acceptors (Lipinski definition) is 3. The van der Waals surface area contributed by atoms with Gasteiger partial charge in [-0.25, -0.2) is 0 Å². The van der Waals surface area contributed by atoms with Gasteiger partial charge in [-0.1, -0.05) is 13.3 Å². The molecule has 2 heterocycles. The fraction of sp³-hybridized carbons (Fsp3) is 1.00. The highest BCUT2D eigenvalue weighted by Gasteiger charge is 2.37. The Morgan fingerprint density at radius 3 is 2.42 bits per heavy atom. The fourth-order valence-corrected chi connectivity index (χ4v) is 3.72. The number of piperidine rings is 1. The summed E-state index contributed by atoms with van der Waals surface area (Å²) < 4.78 is 5.46. The quantitative estimate of drug-likeness (QED) is 0.833. The molecule has 2 aliphatic heterocycles. The van der Waals surface area contributed by atoms with Crippen molar-refractivity contribution in [2.45, 2.75) is 70.4 Å². The second kappa shape index (κ2) is 7.05. The first kappa shape index (κ1) is 15.3. The lowest BCUT2D eigenvalue weighted by Crippen LogP contribution is -2.59. The SMILES string of the molecule is CCC(C)(C(N)CC1CCOCC1)N1CCCCC1. The maximum Gasteiger partial charge on any atom is 0.0468 e. The van der Waals surface area contributed by atoms with Gasteiger partial charge in [0.2, 0.25) is 0 Å². The number of nitrogens with two attached hydrogens (primary N) is 1. The highest BCUT2D eigenvalue weighted by molar-refractivity contribution is 4.96. The molecule has 3 nitrogen and oxygen atoms in total. The van der Waals surface area contributed by atoms with E-state index in [4.69, 9.17) is 10.5 Å². The average molecular weight is 268 g/mol. The van der Waals surface area contributed by atoms with Crippen molar-refractivity contribution in [1.29, 1.82) is 0 Å². The molecule has 2 atom stereocenters. The van der Waals surface area contributed by atoms with E-state index in [9.17, 15) is 0 Å². The molecule has 2 unspecified atom stereocenters. The topological polar surface area (TPSA) is 38.5 Å². The molecule has 2 rings (SSSR count). The molecule has 0 aliphatic carbocycles. The summed E-state index contributed by atoms with van der Waals surface area (Å²) in [6.07, 6.45) is 8.83. The molecular weight excluding hydrogens is 236 g/mol. The second-order valence-electron chi connectivity index (χ2n) is 6.66. The summed E-state index contributed by atoms with van der Waals surface area (Å²) >= 11 is 0. The molecule has 2 aliphatic rings. The lowest BCUT2D eigenvalue weighted by Gasteiger charge is -2.47. The Bertz CT molecular complexity index is 259. The van der Waals surface area contributed by atoms with Gasteiger partial charge in [0, 0.05) is 24.8 Å². The summed E-state index contributed by atoms with van der Waals surface area (Å²) in [5.74, 6) is 0.777. The number of hydrogen-bond donors (Lipinski definition) is 1. The van der Waals surface area contributed by atoms with Crippen molar-refractivity contribution in [3.8, 4) is 0 Å². The third-order valence-corrected chi connectivity index (χ3v) is 5.52. The molecule has 0 bridgehead atoms. The van der Waals surface area contributed by atoms with Crippen molar-refractivity contribution in [2.75, 3.05) is 26.3 Å². The molecule has 0 saturated carbocycles. The van der Waals surface area contributed by atoms with E-state index in [-0.39, 0.29) is 5.54 Å². The molecule has 3 heteroatoms. The van der Waals surface area contributed by atoms with E-state index in [1.54, 1.807) is 0 Å². The monoisotopic (exact) mass is 268 g/mol. The van der Waals surface area contributed by atoms with Crippen LogP contribution in [-0.4, -0.2) is 42.8 Å². The van der Waals surface area contributed by atoms with Crippen molar-refractivity contribution in [1.82, 2.24) is 4.90 Å². The van der Waals surface area contributed by atoms with Crippen LogP contribution in [0.25, 0.3) is 0 Å². The normalized spacial score (nSPS) is 27.9. The Morgan fingerprint density at radius 2 is 1.84 bits per heavy atom. The minimum Gasteiger partial charge on any atom is -0.381 e. The standard InChI is InChI=1S/C16H32N2O/c1-3-16(2,18-9-5-4-6-10-18)15(17)13-14-7-11-19-12-8-14/h14-15H,3-13,17H2,1-2H3. The Balaban J connectivity index is 1.93. The molecule has 0 amide bonds. The minimum absolute atomic E-state index is 0.193. The Kier molecular flexibility index (Phi) is 5.67. The second-order valence-corrected chi connectivity index (χ2v) is 6.66. The van der Waals surface area contributed by atoms with Crippen LogP contribution in [0.4, 0.5) is 0 Å². The lowest BCUT2D eigenvalue weighted by molar-refractivity contribution is 0.0275. The van der Waals surface area contributed by atoms with E-state index in [1.165, 1.54) is 51.6 Å². The van der Waals surface area contributed by atoms with Gasteiger partial charge >= 0.3 is 0 Å². The summed E-state index contributed by atoms with van der Waals surface area (Å²) in [7, 11) is 0. The Labute approximate surface area is 118 Å². The van der Waals surface area contributed by atoms with Crippen LogP contribution < -0.4 is 5.73 Å². The van der Waals surface area contributed by atoms with Gasteiger partial charge < -0.3 is 10.5 Å². The molecule has 0 radical (unpaired) electrons. The van der Waals surface area contributed by atoms with Crippen LogP contribution in [0, 0.1) is 5.92 Å². The largest absolute Gasteiger partial charge is 0.381 e. The zero-order valence-corrected chi connectivity index (χ0v) is 12.9. The molecule has 0 spiro atoms. The molecule has 19 heavy (non-hydrogen) atoms. The fourth-order valence-electron chi connectivity index (χ4n) is 3.72. The molecule has 112 valence electrons. The zero-order chi connectivity index (χ0) is 13.7. The van der Waals surface area contributed by atoms with Gasteiger partial charge in [-0.05, 0) is 64.5 Å². The van der Waals surface area contributed by atoms with Gasteiger partial charge in [-0.15, -0.1) is 0 Å². The summed E-state index contributed by atoms with van der Waals surface area (Å²) in [6, 6.07) is 0.304. The third-order valence-electron chi connectivity index (χ3n) is 5.52. The number of rotatable bonds is 5. The first-order chi connectivity index (χ1) is 9.16. The Morgan fingerprint density at radius 1 is 1.21 bits per heavy atom. The van der Waals surface area contributed by atoms with Gasteiger partial charge in [0.15, 0.2) is 0 Å². The van der Waals surface area contributed by atoms with Gasteiger partial charge in [0.1, 0.15) is 0 Å². The lowest BCUT2D eigenvalue weighted by atomic mass is 9.80. The van der Waals surface area contributed by atoms with Gasteiger partial charge in [0.05, 0.1) is 0 Å². The smallest absolute Gasteiger partial charge is 0.0468 e. The molecule has 2 N–H and O–H groups in total. The first-order valence-electron chi connectivity index (χ1n) is 8.25. The first-order valence-corrected chi connectivity index (χ1v) is 8.25. The van der Waals surface area contributed by atoms with Gasteiger partial charge in [-0.2, -0.15) is 0 Å². The van der Waals surface area contributed by atoms with Crippen LogP contribution in [0.5, 0.6) is 0 Å². The van der Waals surface area contributed by atoms with E-state index in [0.29, 0.717) is 6.04 Å². The summed E-state index contributed by atoms with van der Waals surface area (Å²) in [5, 5.41) is 0. The van der Waals surface area contributed by atoms with Crippen LogP contribution in [0.2, 0.25) is 0 Å². The average Bonchev–Trinajstić information content (AvgIpc) is 2.48. The summed E-state index contributed by atoms with van der Waals surface area (Å²) in [4.78, 5) is 2.67. The third kappa shape index (κ3) is 3.71. The number of nitrogens with zero attached hydrogens (tertiary/aromatic N) is 1. The summed E-state index contributed by atoms with van der Waals surface area (Å²) in [6.45, 7) is 9.05. The maximum atomic E-state index is 6.64. The van der Waals surface area contributed by atoms with E-state index in [1.807, 2.05) is 0 Å². The molecule has 2 fully saturated rings. The van der Waals surface area contributed by atoms with Crippen molar-refractivity contribution in [3.05, 3.63) is 0 Å². The molecule has 0 aromatic carbocycles. The maximum absolute atomic E-state index is 6.64. The molecule has 2 saturated heterocycles. The van der Waals surface area contributed by atoms with Crippen molar-refractivity contribution >= 4 is 0 Å². The van der Waals surface area contributed by atoms with Gasteiger partial charge in [-0.3, -0.25) is 4.90 Å².